The molecule has 1 aliphatic heterocycles. The van der Waals surface area contributed by atoms with Crippen molar-refractivity contribution in [3.8, 4) is 11.3 Å². The summed E-state index contributed by atoms with van der Waals surface area (Å²) in [5.74, 6) is 1.12. The first-order valence-corrected chi connectivity index (χ1v) is 12.4. The Morgan fingerprint density at radius 2 is 2.00 bits per heavy atom. The highest BCUT2D eigenvalue weighted by Gasteiger charge is 2.44. The average molecular weight is 439 g/mol. The van der Waals surface area contributed by atoms with Crippen molar-refractivity contribution in [3.63, 3.8) is 0 Å². The van der Waals surface area contributed by atoms with Crippen LogP contribution in [0.2, 0.25) is 0 Å². The minimum Gasteiger partial charge on any atom is -0.395 e. The van der Waals surface area contributed by atoms with Crippen molar-refractivity contribution >= 4 is 21.6 Å². The number of hydrogen-bond acceptors (Lipinski definition) is 4. The summed E-state index contributed by atoms with van der Waals surface area (Å²) in [5.41, 5.74) is 6.98. The second-order valence-corrected chi connectivity index (χ2v) is 11.2. The second-order valence-electron chi connectivity index (χ2n) is 10.1. The van der Waals surface area contributed by atoms with Crippen LogP contribution < -0.4 is 5.49 Å². The number of aryl methyl sites for hydroxylation is 1. The lowest BCUT2D eigenvalue weighted by Gasteiger charge is -2.53. The van der Waals surface area contributed by atoms with E-state index in [1.807, 2.05) is 24.5 Å². The smallest absolute Gasteiger partial charge is 0.125 e. The monoisotopic (exact) mass is 438 g/mol. The van der Waals surface area contributed by atoms with E-state index in [-0.39, 0.29) is 6.61 Å². The Morgan fingerprint density at radius 3 is 2.65 bits per heavy atom. The lowest BCUT2D eigenvalue weighted by atomic mass is 9.65. The van der Waals surface area contributed by atoms with Crippen molar-refractivity contribution in [2.75, 3.05) is 26.2 Å². The summed E-state index contributed by atoms with van der Waals surface area (Å²) >= 11 is 1.99. The fraction of sp³-hybridized carbons (Fsp3) is 0.560. The summed E-state index contributed by atoms with van der Waals surface area (Å²) in [7, 11) is 0. The Balaban J connectivity index is 1.39. The molecule has 0 radical (unpaired) electrons. The van der Waals surface area contributed by atoms with E-state index in [0.717, 1.165) is 17.7 Å². The topological polar surface area (TPSA) is 78.9 Å². The van der Waals surface area contributed by atoms with E-state index in [1.165, 1.54) is 60.2 Å². The number of β-amino-alcohol motifs (C(OH)–C–C–N with tert-alkyl or cyclic N) is 1. The number of aromatic amines is 2. The zero-order chi connectivity index (χ0) is 21.8. The summed E-state index contributed by atoms with van der Waals surface area (Å²) in [4.78, 5) is 10.8. The lowest BCUT2D eigenvalue weighted by molar-refractivity contribution is -0.0381. The molecule has 0 atom stereocenters. The van der Waals surface area contributed by atoms with Gasteiger partial charge in [-0.2, -0.15) is 0 Å². The van der Waals surface area contributed by atoms with Gasteiger partial charge in [-0.05, 0) is 73.1 Å². The SMILES string of the molecule is Cc1cc(-c2[nH]c3cc(C4CCC5(CC4)CN(CCO)C5)sc3c2C(C)C)c[nH]c1=N. The first-order valence-electron chi connectivity index (χ1n) is 11.6. The van der Waals surface area contributed by atoms with Gasteiger partial charge in [-0.3, -0.25) is 10.3 Å². The van der Waals surface area contributed by atoms with Crippen LogP contribution in [-0.4, -0.2) is 46.2 Å². The maximum atomic E-state index is 9.15. The number of nitrogens with zero attached hydrogens (tertiary/aromatic N) is 1. The van der Waals surface area contributed by atoms with Gasteiger partial charge in [0.15, 0.2) is 0 Å². The Bertz CT molecular complexity index is 1140. The molecule has 6 heteroatoms. The number of pyridine rings is 1. The molecule has 3 aromatic heterocycles. The van der Waals surface area contributed by atoms with E-state index in [1.54, 1.807) is 4.88 Å². The van der Waals surface area contributed by atoms with Gasteiger partial charge in [0, 0.05) is 36.3 Å². The predicted molar refractivity (Wildman–Crippen MR) is 128 cm³/mol. The van der Waals surface area contributed by atoms with Crippen LogP contribution in [0.1, 0.15) is 67.4 Å². The largest absolute Gasteiger partial charge is 0.395 e. The van der Waals surface area contributed by atoms with Gasteiger partial charge in [0.1, 0.15) is 5.49 Å². The number of thiophene rings is 1. The molecule has 2 aliphatic rings. The first-order chi connectivity index (χ1) is 14.9. The van der Waals surface area contributed by atoms with Crippen LogP contribution in [0.3, 0.4) is 0 Å². The predicted octanol–water partition coefficient (Wildman–Crippen LogP) is 5.09. The average Bonchev–Trinajstić information content (AvgIpc) is 3.27. The minimum absolute atomic E-state index is 0.283. The summed E-state index contributed by atoms with van der Waals surface area (Å²) in [6.07, 6.45) is 7.18. The molecule has 1 spiro atoms. The zero-order valence-corrected chi connectivity index (χ0v) is 19.7. The number of hydrogen-bond donors (Lipinski definition) is 4. The van der Waals surface area contributed by atoms with Crippen molar-refractivity contribution in [1.29, 1.82) is 5.41 Å². The van der Waals surface area contributed by atoms with Gasteiger partial charge < -0.3 is 15.1 Å². The molecule has 3 aromatic rings. The van der Waals surface area contributed by atoms with Crippen LogP contribution in [0.4, 0.5) is 0 Å². The van der Waals surface area contributed by atoms with Crippen molar-refractivity contribution in [2.45, 2.75) is 58.3 Å². The molecule has 0 amide bonds. The molecule has 166 valence electrons. The summed E-state index contributed by atoms with van der Waals surface area (Å²) < 4.78 is 1.41. The van der Waals surface area contributed by atoms with Gasteiger partial charge in [0.25, 0.3) is 0 Å². The zero-order valence-electron chi connectivity index (χ0n) is 18.8. The molecule has 4 N–H and O–H groups in total. The summed E-state index contributed by atoms with van der Waals surface area (Å²) in [6, 6.07) is 4.52. The van der Waals surface area contributed by atoms with E-state index >= 15 is 0 Å². The molecule has 4 heterocycles. The number of rotatable bonds is 5. The Labute approximate surface area is 188 Å². The van der Waals surface area contributed by atoms with Crippen molar-refractivity contribution in [2.24, 2.45) is 5.41 Å². The molecule has 5 nitrogen and oxygen atoms in total. The van der Waals surface area contributed by atoms with E-state index in [2.05, 4.69) is 40.8 Å². The number of nitrogens with one attached hydrogen (secondary N) is 3. The van der Waals surface area contributed by atoms with Gasteiger partial charge in [-0.25, -0.2) is 0 Å². The highest BCUT2D eigenvalue weighted by Crippen LogP contribution is 2.50. The Kier molecular flexibility index (Phi) is 5.35. The quantitative estimate of drug-likeness (QED) is 0.448. The van der Waals surface area contributed by atoms with Gasteiger partial charge >= 0.3 is 0 Å². The van der Waals surface area contributed by atoms with E-state index < -0.39 is 0 Å². The summed E-state index contributed by atoms with van der Waals surface area (Å²) in [6.45, 7) is 10.0. The third kappa shape index (κ3) is 3.69. The molecular weight excluding hydrogens is 404 g/mol. The number of H-pyrrole nitrogens is 2. The Hall–Kier alpha value is -1.89. The highest BCUT2D eigenvalue weighted by molar-refractivity contribution is 7.19. The molecule has 1 saturated heterocycles. The number of aromatic nitrogens is 2. The second kappa shape index (κ2) is 7.91. The number of likely N-dealkylation sites (tertiary alicyclic amines) is 1. The molecule has 5 rings (SSSR count). The van der Waals surface area contributed by atoms with Gasteiger partial charge in [-0.1, -0.05) is 13.8 Å². The van der Waals surface area contributed by atoms with E-state index in [0.29, 0.717) is 22.7 Å². The van der Waals surface area contributed by atoms with Crippen LogP contribution in [-0.2, 0) is 0 Å². The summed E-state index contributed by atoms with van der Waals surface area (Å²) in [5, 5.41) is 17.1. The van der Waals surface area contributed by atoms with Gasteiger partial charge in [0.05, 0.1) is 22.5 Å². The molecule has 1 aliphatic carbocycles. The standard InChI is InChI=1S/C25H34N4OS/c1-15(2)21-22(18-10-16(3)24(26)27-12-18)28-19-11-20(31-23(19)21)17-4-6-25(7-5-17)13-29(14-25)8-9-30/h10-12,15,17,28,30H,4-9,13-14H2,1-3H3,(H2,26,27). The molecule has 31 heavy (non-hydrogen) atoms. The van der Waals surface area contributed by atoms with Crippen LogP contribution in [0.15, 0.2) is 18.3 Å². The Morgan fingerprint density at radius 1 is 1.26 bits per heavy atom. The molecular formula is C25H34N4OS. The molecule has 0 unspecified atom stereocenters. The van der Waals surface area contributed by atoms with Crippen molar-refractivity contribution in [1.82, 2.24) is 14.9 Å². The van der Waals surface area contributed by atoms with Crippen molar-refractivity contribution in [3.05, 3.63) is 39.8 Å². The first kappa shape index (κ1) is 21.0. The third-order valence-electron chi connectivity index (χ3n) is 7.51. The van der Waals surface area contributed by atoms with E-state index in [9.17, 15) is 0 Å². The van der Waals surface area contributed by atoms with Crippen LogP contribution in [0, 0.1) is 17.7 Å². The van der Waals surface area contributed by atoms with Crippen molar-refractivity contribution < 1.29 is 5.11 Å². The normalized spacial score (nSPS) is 19.5. The lowest BCUT2D eigenvalue weighted by Crippen LogP contribution is -2.57. The maximum Gasteiger partial charge on any atom is 0.125 e. The fourth-order valence-corrected chi connectivity index (χ4v) is 7.27. The number of aliphatic hydroxyl groups excluding tert-OH is 1. The van der Waals surface area contributed by atoms with Crippen LogP contribution in [0.25, 0.3) is 21.5 Å². The van der Waals surface area contributed by atoms with Gasteiger partial charge in [0.2, 0.25) is 0 Å². The minimum atomic E-state index is 0.283. The number of fused-ring (bicyclic) bond motifs is 1. The fourth-order valence-electron chi connectivity index (χ4n) is 5.79. The van der Waals surface area contributed by atoms with E-state index in [4.69, 9.17) is 10.5 Å². The van der Waals surface area contributed by atoms with Crippen LogP contribution in [0.5, 0.6) is 0 Å². The number of aliphatic hydroxyl groups is 1. The third-order valence-corrected chi connectivity index (χ3v) is 8.84. The van der Waals surface area contributed by atoms with Crippen LogP contribution >= 0.6 is 11.3 Å². The molecule has 2 fully saturated rings. The highest BCUT2D eigenvalue weighted by atomic mass is 32.1. The molecule has 0 bridgehead atoms. The molecule has 0 aromatic carbocycles. The van der Waals surface area contributed by atoms with Gasteiger partial charge in [-0.15, -0.1) is 11.3 Å². The maximum absolute atomic E-state index is 9.15. The molecule has 1 saturated carbocycles.